The highest BCUT2D eigenvalue weighted by molar-refractivity contribution is 5.78. The standard InChI is InChI=1S/C19H20N4O4/c1-3-22-15-9-5-4-8-14(15)20-18(22)12-21(2)19(24)13-27-17-11-7-6-10-16(17)23(25)26/h4-11H,3,12-13H2,1-2H3. The Hall–Kier alpha value is -3.42. The normalized spacial score (nSPS) is 10.7. The van der Waals surface area contributed by atoms with Crippen LogP contribution >= 0.6 is 0 Å². The second kappa shape index (κ2) is 7.86. The van der Waals surface area contributed by atoms with Gasteiger partial charge in [-0.3, -0.25) is 14.9 Å². The number of rotatable bonds is 7. The van der Waals surface area contributed by atoms with Crippen molar-refractivity contribution in [3.8, 4) is 5.75 Å². The van der Waals surface area contributed by atoms with Gasteiger partial charge in [0.2, 0.25) is 0 Å². The number of aromatic nitrogens is 2. The van der Waals surface area contributed by atoms with Crippen LogP contribution < -0.4 is 4.74 Å². The first-order chi connectivity index (χ1) is 13.0. The van der Waals surface area contributed by atoms with Crippen molar-refractivity contribution in [3.05, 3.63) is 64.5 Å². The number of carbonyl (C=O) groups excluding carboxylic acids is 1. The summed E-state index contributed by atoms with van der Waals surface area (Å²) in [6, 6.07) is 13.8. The lowest BCUT2D eigenvalue weighted by molar-refractivity contribution is -0.385. The maximum absolute atomic E-state index is 12.4. The van der Waals surface area contributed by atoms with E-state index < -0.39 is 4.92 Å². The molecule has 3 rings (SSSR count). The zero-order chi connectivity index (χ0) is 19.4. The van der Waals surface area contributed by atoms with E-state index >= 15 is 0 Å². The van der Waals surface area contributed by atoms with Crippen LogP contribution in [0.5, 0.6) is 5.75 Å². The van der Waals surface area contributed by atoms with E-state index in [1.54, 1.807) is 19.2 Å². The van der Waals surface area contributed by atoms with Crippen LogP contribution in [0.3, 0.4) is 0 Å². The van der Waals surface area contributed by atoms with Crippen LogP contribution in [0.15, 0.2) is 48.5 Å². The molecule has 0 bridgehead atoms. The molecule has 0 fully saturated rings. The van der Waals surface area contributed by atoms with E-state index in [1.807, 2.05) is 31.2 Å². The smallest absolute Gasteiger partial charge is 0.310 e. The maximum atomic E-state index is 12.4. The van der Waals surface area contributed by atoms with Gasteiger partial charge in [0.05, 0.1) is 22.5 Å². The molecule has 8 heteroatoms. The van der Waals surface area contributed by atoms with Crippen molar-refractivity contribution in [3.63, 3.8) is 0 Å². The minimum Gasteiger partial charge on any atom is -0.477 e. The summed E-state index contributed by atoms with van der Waals surface area (Å²) < 4.78 is 7.43. The number of aryl methyl sites for hydroxylation is 1. The molecule has 1 aromatic heterocycles. The van der Waals surface area contributed by atoms with Crippen molar-refractivity contribution < 1.29 is 14.5 Å². The summed E-state index contributed by atoms with van der Waals surface area (Å²) in [4.78, 5) is 29.0. The fraction of sp³-hybridized carbons (Fsp3) is 0.263. The van der Waals surface area contributed by atoms with Crippen LogP contribution in [0.1, 0.15) is 12.7 Å². The number of nitrogens with zero attached hydrogens (tertiary/aromatic N) is 4. The molecule has 0 aliphatic rings. The lowest BCUT2D eigenvalue weighted by Crippen LogP contribution is -2.32. The van der Waals surface area contributed by atoms with Crippen LogP contribution in [-0.2, 0) is 17.9 Å². The minimum absolute atomic E-state index is 0.0741. The van der Waals surface area contributed by atoms with Crippen LogP contribution in [0.4, 0.5) is 5.69 Å². The SMILES string of the molecule is CCn1c(CN(C)C(=O)COc2ccccc2[N+](=O)[O-])nc2ccccc21. The number of nitro groups is 1. The Kier molecular flexibility index (Phi) is 5.35. The van der Waals surface area contributed by atoms with Crippen LogP contribution in [0.2, 0.25) is 0 Å². The first-order valence-electron chi connectivity index (χ1n) is 8.55. The Labute approximate surface area is 156 Å². The van der Waals surface area contributed by atoms with Crippen molar-refractivity contribution >= 4 is 22.6 Å². The third kappa shape index (κ3) is 3.89. The largest absolute Gasteiger partial charge is 0.477 e. The van der Waals surface area contributed by atoms with E-state index in [1.165, 1.54) is 17.0 Å². The van der Waals surface area contributed by atoms with Gasteiger partial charge in [0.15, 0.2) is 12.4 Å². The minimum atomic E-state index is -0.535. The van der Waals surface area contributed by atoms with Gasteiger partial charge in [0.1, 0.15) is 5.82 Å². The van der Waals surface area contributed by atoms with Crippen molar-refractivity contribution in [2.75, 3.05) is 13.7 Å². The molecule has 3 aromatic rings. The maximum Gasteiger partial charge on any atom is 0.310 e. The molecule has 0 N–H and O–H groups in total. The summed E-state index contributed by atoms with van der Waals surface area (Å²) in [5.41, 5.74) is 1.74. The lowest BCUT2D eigenvalue weighted by atomic mass is 10.3. The predicted octanol–water partition coefficient (Wildman–Crippen LogP) is 3.00. The number of hydrogen-bond donors (Lipinski definition) is 0. The number of imidazole rings is 1. The number of nitro benzene ring substituents is 1. The monoisotopic (exact) mass is 368 g/mol. The van der Waals surface area contributed by atoms with Crippen molar-refractivity contribution in [1.82, 2.24) is 14.5 Å². The molecule has 8 nitrogen and oxygen atoms in total. The molecule has 0 saturated heterocycles. The molecule has 0 radical (unpaired) electrons. The Morgan fingerprint density at radius 1 is 1.22 bits per heavy atom. The molecule has 0 saturated carbocycles. The molecular formula is C19H20N4O4. The fourth-order valence-electron chi connectivity index (χ4n) is 2.88. The molecule has 27 heavy (non-hydrogen) atoms. The Bertz CT molecular complexity index is 983. The van der Waals surface area contributed by atoms with Gasteiger partial charge in [-0.2, -0.15) is 0 Å². The Morgan fingerprint density at radius 3 is 2.67 bits per heavy atom. The molecule has 0 aliphatic carbocycles. The zero-order valence-electron chi connectivity index (χ0n) is 15.2. The highest BCUT2D eigenvalue weighted by Gasteiger charge is 2.18. The first kappa shape index (κ1) is 18.4. The molecule has 140 valence electrons. The summed E-state index contributed by atoms with van der Waals surface area (Å²) in [7, 11) is 1.66. The Balaban J connectivity index is 1.69. The molecule has 2 aromatic carbocycles. The topological polar surface area (TPSA) is 90.5 Å². The third-order valence-electron chi connectivity index (χ3n) is 4.27. The van der Waals surface area contributed by atoms with Crippen LogP contribution in [-0.4, -0.2) is 38.9 Å². The summed E-state index contributed by atoms with van der Waals surface area (Å²) in [5.74, 6) is 0.563. The zero-order valence-corrected chi connectivity index (χ0v) is 15.2. The van der Waals surface area contributed by atoms with E-state index in [-0.39, 0.29) is 24.0 Å². The molecule has 0 spiro atoms. The molecule has 0 aliphatic heterocycles. The fourth-order valence-corrected chi connectivity index (χ4v) is 2.88. The number of benzene rings is 2. The number of amides is 1. The lowest BCUT2D eigenvalue weighted by Gasteiger charge is -2.18. The molecule has 0 unspecified atom stereocenters. The van der Waals surface area contributed by atoms with E-state index in [0.717, 1.165) is 23.4 Å². The van der Waals surface area contributed by atoms with Crippen molar-refractivity contribution in [2.45, 2.75) is 20.0 Å². The summed E-state index contributed by atoms with van der Waals surface area (Å²) in [5, 5.41) is 11.0. The second-order valence-corrected chi connectivity index (χ2v) is 6.02. The molecule has 1 amide bonds. The van der Waals surface area contributed by atoms with E-state index in [0.29, 0.717) is 6.54 Å². The summed E-state index contributed by atoms with van der Waals surface area (Å²) in [6.45, 7) is 2.80. The number of ether oxygens (including phenoxy) is 1. The van der Waals surface area contributed by atoms with Gasteiger partial charge in [-0.25, -0.2) is 4.98 Å². The van der Waals surface area contributed by atoms with Gasteiger partial charge in [-0.1, -0.05) is 24.3 Å². The number of para-hydroxylation sites is 4. The summed E-state index contributed by atoms with van der Waals surface area (Å²) >= 11 is 0. The van der Waals surface area contributed by atoms with E-state index in [4.69, 9.17) is 4.74 Å². The average molecular weight is 368 g/mol. The second-order valence-electron chi connectivity index (χ2n) is 6.02. The third-order valence-corrected chi connectivity index (χ3v) is 4.27. The average Bonchev–Trinajstić information content (AvgIpc) is 3.03. The van der Waals surface area contributed by atoms with Gasteiger partial charge in [0.25, 0.3) is 5.91 Å². The summed E-state index contributed by atoms with van der Waals surface area (Å²) in [6.07, 6.45) is 0. The van der Waals surface area contributed by atoms with Crippen molar-refractivity contribution in [1.29, 1.82) is 0 Å². The van der Waals surface area contributed by atoms with Gasteiger partial charge in [0, 0.05) is 19.7 Å². The Morgan fingerprint density at radius 2 is 1.93 bits per heavy atom. The number of carbonyl (C=O) groups is 1. The first-order valence-corrected chi connectivity index (χ1v) is 8.55. The van der Waals surface area contributed by atoms with Gasteiger partial charge in [-0.15, -0.1) is 0 Å². The van der Waals surface area contributed by atoms with E-state index in [9.17, 15) is 14.9 Å². The van der Waals surface area contributed by atoms with E-state index in [2.05, 4.69) is 9.55 Å². The number of likely N-dealkylation sites (N-methyl/N-ethyl adjacent to an activating group) is 1. The number of hydrogen-bond acceptors (Lipinski definition) is 5. The van der Waals surface area contributed by atoms with Gasteiger partial charge < -0.3 is 14.2 Å². The van der Waals surface area contributed by atoms with Crippen LogP contribution in [0.25, 0.3) is 11.0 Å². The van der Waals surface area contributed by atoms with Crippen molar-refractivity contribution in [2.24, 2.45) is 0 Å². The quantitative estimate of drug-likeness (QED) is 0.472. The molecular weight excluding hydrogens is 348 g/mol. The molecule has 0 atom stereocenters. The highest BCUT2D eigenvalue weighted by Crippen LogP contribution is 2.25. The molecule has 1 heterocycles. The highest BCUT2D eigenvalue weighted by atomic mass is 16.6. The van der Waals surface area contributed by atoms with Gasteiger partial charge in [-0.05, 0) is 25.1 Å². The number of fused-ring (bicyclic) bond motifs is 1. The van der Waals surface area contributed by atoms with Gasteiger partial charge >= 0.3 is 5.69 Å². The predicted molar refractivity (Wildman–Crippen MR) is 100 cm³/mol. The van der Waals surface area contributed by atoms with Crippen LogP contribution in [0, 0.1) is 10.1 Å².